The molecule has 0 aromatic heterocycles. The molecule has 0 saturated heterocycles. The molecule has 0 saturated carbocycles. The summed E-state index contributed by atoms with van der Waals surface area (Å²) in [5.41, 5.74) is 0.147. The van der Waals surface area contributed by atoms with Crippen LogP contribution in [0.3, 0.4) is 0 Å². The van der Waals surface area contributed by atoms with Crippen molar-refractivity contribution in [2.75, 3.05) is 26.1 Å². The van der Waals surface area contributed by atoms with Crippen molar-refractivity contribution in [3.05, 3.63) is 18.2 Å². The molecule has 19 heavy (non-hydrogen) atoms. The Balaban J connectivity index is 2.72. The fraction of sp³-hybridized carbons (Fsp3) is 0.364. The number of alkyl halides is 3. The van der Waals surface area contributed by atoms with E-state index in [9.17, 15) is 18.0 Å². The molecule has 0 radical (unpaired) electrons. The van der Waals surface area contributed by atoms with Crippen LogP contribution < -0.4 is 14.8 Å². The number of benzene rings is 1. The third-order valence-electron chi connectivity index (χ3n) is 2.01. The lowest BCUT2D eigenvalue weighted by atomic mass is 10.2. The minimum absolute atomic E-state index is 0.147. The second kappa shape index (κ2) is 6.17. The summed E-state index contributed by atoms with van der Waals surface area (Å²) in [6.07, 6.45) is -5.81. The largest absolute Gasteiger partial charge is 0.497 e. The van der Waals surface area contributed by atoms with Crippen LogP contribution in [0.15, 0.2) is 18.2 Å². The third kappa shape index (κ3) is 4.94. The number of carbonyl (C=O) groups is 1. The highest BCUT2D eigenvalue weighted by atomic mass is 19.4. The molecule has 0 aliphatic carbocycles. The van der Waals surface area contributed by atoms with E-state index >= 15 is 0 Å². The number of amides is 1. The quantitative estimate of drug-likeness (QED) is 0.920. The van der Waals surface area contributed by atoms with Crippen LogP contribution in [-0.4, -0.2) is 33.1 Å². The highest BCUT2D eigenvalue weighted by Crippen LogP contribution is 2.29. The van der Waals surface area contributed by atoms with E-state index in [1.54, 1.807) is 6.07 Å². The van der Waals surface area contributed by atoms with E-state index in [4.69, 9.17) is 9.47 Å². The van der Waals surface area contributed by atoms with Gasteiger partial charge in [-0.3, -0.25) is 5.32 Å². The molecule has 1 N–H and O–H groups in total. The molecule has 0 heterocycles. The van der Waals surface area contributed by atoms with Gasteiger partial charge in [-0.2, -0.15) is 13.2 Å². The van der Waals surface area contributed by atoms with Crippen molar-refractivity contribution in [2.45, 2.75) is 6.18 Å². The predicted molar refractivity (Wildman–Crippen MR) is 60.6 cm³/mol. The van der Waals surface area contributed by atoms with E-state index in [1.165, 1.54) is 26.4 Å². The summed E-state index contributed by atoms with van der Waals surface area (Å²) in [7, 11) is 2.77. The Kier molecular flexibility index (Phi) is 4.85. The van der Waals surface area contributed by atoms with Crippen LogP contribution in [0.1, 0.15) is 0 Å². The monoisotopic (exact) mass is 279 g/mol. The number of methoxy groups -OCH3 is 2. The van der Waals surface area contributed by atoms with Crippen molar-refractivity contribution in [2.24, 2.45) is 0 Å². The number of halogens is 3. The van der Waals surface area contributed by atoms with Crippen LogP contribution in [0.4, 0.5) is 23.7 Å². The fourth-order valence-electron chi connectivity index (χ4n) is 1.21. The Bertz CT molecular complexity index is 448. The summed E-state index contributed by atoms with van der Waals surface area (Å²) in [5.74, 6) is 0.677. The average Bonchev–Trinajstić information content (AvgIpc) is 2.35. The number of ether oxygens (including phenoxy) is 3. The van der Waals surface area contributed by atoms with Crippen LogP contribution in [-0.2, 0) is 4.74 Å². The minimum Gasteiger partial charge on any atom is -0.497 e. The van der Waals surface area contributed by atoms with Gasteiger partial charge in [-0.1, -0.05) is 0 Å². The zero-order valence-corrected chi connectivity index (χ0v) is 10.2. The zero-order valence-electron chi connectivity index (χ0n) is 10.2. The minimum atomic E-state index is -4.57. The molecule has 0 atom stereocenters. The second-order valence-electron chi connectivity index (χ2n) is 3.38. The van der Waals surface area contributed by atoms with Crippen molar-refractivity contribution >= 4 is 11.8 Å². The fourth-order valence-corrected chi connectivity index (χ4v) is 1.21. The standard InChI is InChI=1S/C11H12F3NO4/c1-17-7-3-4-9(18-2)8(5-7)15-10(16)19-6-11(12,13)14/h3-5H,6H2,1-2H3,(H,15,16). The molecule has 1 aromatic carbocycles. The zero-order chi connectivity index (χ0) is 14.5. The Morgan fingerprint density at radius 3 is 2.47 bits per heavy atom. The number of hydrogen-bond donors (Lipinski definition) is 1. The molecule has 5 nitrogen and oxygen atoms in total. The van der Waals surface area contributed by atoms with Crippen molar-refractivity contribution < 1.29 is 32.2 Å². The average molecular weight is 279 g/mol. The summed E-state index contributed by atoms with van der Waals surface area (Å²) in [4.78, 5) is 11.2. The Morgan fingerprint density at radius 2 is 1.95 bits per heavy atom. The third-order valence-corrected chi connectivity index (χ3v) is 2.01. The van der Waals surface area contributed by atoms with Gasteiger partial charge in [-0.05, 0) is 12.1 Å². The maximum Gasteiger partial charge on any atom is 0.422 e. The summed E-state index contributed by atoms with van der Waals surface area (Å²) < 4.78 is 49.5. The lowest BCUT2D eigenvalue weighted by Crippen LogP contribution is -2.23. The first-order chi connectivity index (χ1) is 8.85. The van der Waals surface area contributed by atoms with Gasteiger partial charge >= 0.3 is 12.3 Å². The van der Waals surface area contributed by atoms with Gasteiger partial charge in [-0.15, -0.1) is 0 Å². The van der Waals surface area contributed by atoms with Crippen molar-refractivity contribution in [3.63, 3.8) is 0 Å². The van der Waals surface area contributed by atoms with Gasteiger partial charge < -0.3 is 14.2 Å². The van der Waals surface area contributed by atoms with Crippen LogP contribution in [0.25, 0.3) is 0 Å². The molecule has 1 aromatic rings. The lowest BCUT2D eigenvalue weighted by molar-refractivity contribution is -0.159. The van der Waals surface area contributed by atoms with Gasteiger partial charge in [0, 0.05) is 6.07 Å². The summed E-state index contributed by atoms with van der Waals surface area (Å²) in [5, 5.41) is 2.14. The first-order valence-electron chi connectivity index (χ1n) is 5.08. The molecular formula is C11H12F3NO4. The molecule has 1 rings (SSSR count). The van der Waals surface area contributed by atoms with Gasteiger partial charge in [0.05, 0.1) is 19.9 Å². The Labute approximate surface area is 107 Å². The van der Waals surface area contributed by atoms with Crippen molar-refractivity contribution in [1.82, 2.24) is 0 Å². The number of nitrogens with one attached hydrogen (secondary N) is 1. The van der Waals surface area contributed by atoms with E-state index in [-0.39, 0.29) is 11.4 Å². The Morgan fingerprint density at radius 1 is 1.26 bits per heavy atom. The van der Waals surface area contributed by atoms with Crippen LogP contribution >= 0.6 is 0 Å². The van der Waals surface area contributed by atoms with E-state index in [0.29, 0.717) is 5.75 Å². The molecule has 0 fully saturated rings. The summed E-state index contributed by atoms with van der Waals surface area (Å²) in [6.45, 7) is -1.66. The van der Waals surface area contributed by atoms with E-state index in [0.717, 1.165) is 0 Å². The number of hydrogen-bond acceptors (Lipinski definition) is 4. The first-order valence-corrected chi connectivity index (χ1v) is 5.08. The van der Waals surface area contributed by atoms with Crippen LogP contribution in [0.5, 0.6) is 11.5 Å². The van der Waals surface area contributed by atoms with Gasteiger partial charge in [0.1, 0.15) is 11.5 Å². The van der Waals surface area contributed by atoms with Crippen molar-refractivity contribution in [3.8, 4) is 11.5 Å². The number of anilines is 1. The van der Waals surface area contributed by atoms with E-state index < -0.39 is 18.9 Å². The summed E-state index contributed by atoms with van der Waals surface area (Å²) in [6, 6.07) is 4.47. The van der Waals surface area contributed by atoms with E-state index in [2.05, 4.69) is 10.1 Å². The molecule has 0 unspecified atom stereocenters. The number of carbonyl (C=O) groups excluding carboxylic acids is 1. The van der Waals surface area contributed by atoms with Gasteiger partial charge in [-0.25, -0.2) is 4.79 Å². The SMILES string of the molecule is COc1ccc(OC)c(NC(=O)OCC(F)(F)F)c1. The van der Waals surface area contributed by atoms with Crippen LogP contribution in [0, 0.1) is 0 Å². The molecule has 8 heteroatoms. The highest BCUT2D eigenvalue weighted by molar-refractivity contribution is 5.87. The van der Waals surface area contributed by atoms with Gasteiger partial charge in [0.15, 0.2) is 6.61 Å². The molecule has 0 aliphatic rings. The first kappa shape index (κ1) is 14.9. The second-order valence-corrected chi connectivity index (χ2v) is 3.38. The molecule has 106 valence electrons. The Hall–Kier alpha value is -2.12. The summed E-state index contributed by atoms with van der Waals surface area (Å²) >= 11 is 0. The van der Waals surface area contributed by atoms with Crippen molar-refractivity contribution in [1.29, 1.82) is 0 Å². The maximum atomic E-state index is 11.9. The molecule has 1 amide bonds. The lowest BCUT2D eigenvalue weighted by Gasteiger charge is -2.12. The number of rotatable bonds is 4. The smallest absolute Gasteiger partial charge is 0.422 e. The topological polar surface area (TPSA) is 56.8 Å². The molecule has 0 spiro atoms. The molecule has 0 aliphatic heterocycles. The molecule has 0 bridgehead atoms. The van der Waals surface area contributed by atoms with Crippen LogP contribution in [0.2, 0.25) is 0 Å². The molecular weight excluding hydrogens is 267 g/mol. The normalized spacial score (nSPS) is 10.8. The maximum absolute atomic E-state index is 11.9. The highest BCUT2D eigenvalue weighted by Gasteiger charge is 2.29. The van der Waals surface area contributed by atoms with Gasteiger partial charge in [0.2, 0.25) is 0 Å². The van der Waals surface area contributed by atoms with E-state index in [1.807, 2.05) is 0 Å². The predicted octanol–water partition coefficient (Wildman–Crippen LogP) is 2.81. The van der Waals surface area contributed by atoms with Gasteiger partial charge in [0.25, 0.3) is 0 Å².